The second-order valence-electron chi connectivity index (χ2n) is 6.06. The Morgan fingerprint density at radius 3 is 2.67 bits per heavy atom. The summed E-state index contributed by atoms with van der Waals surface area (Å²) in [5.41, 5.74) is 1.96. The molecule has 0 aliphatic heterocycles. The van der Waals surface area contributed by atoms with E-state index in [2.05, 4.69) is 35.6 Å². The van der Waals surface area contributed by atoms with Crippen LogP contribution >= 0.6 is 11.6 Å². The molecule has 0 bridgehead atoms. The molecule has 1 aromatic heterocycles. The molecule has 2 N–H and O–H groups in total. The van der Waals surface area contributed by atoms with Crippen LogP contribution in [0.1, 0.15) is 39.1 Å². The number of benzene rings is 1. The Morgan fingerprint density at radius 2 is 2.05 bits per heavy atom. The molecule has 0 aliphatic carbocycles. The second kappa shape index (κ2) is 6.77. The fraction of sp³-hybridized carbons (Fsp3) is 0.562. The molecule has 0 spiro atoms. The van der Waals surface area contributed by atoms with Crippen LogP contribution in [0.5, 0.6) is 0 Å². The molecule has 0 saturated carbocycles. The fourth-order valence-electron chi connectivity index (χ4n) is 2.77. The Bertz CT molecular complexity index is 609. The number of aliphatic hydroxyl groups excluding tert-OH is 1. The highest BCUT2D eigenvalue weighted by Crippen LogP contribution is 2.23. The fourth-order valence-corrected chi connectivity index (χ4v) is 2.94. The van der Waals surface area contributed by atoms with Gasteiger partial charge in [-0.2, -0.15) is 0 Å². The molecule has 2 unspecified atom stereocenters. The normalized spacial score (nSPS) is 14.8. The molecule has 0 fully saturated rings. The summed E-state index contributed by atoms with van der Waals surface area (Å²) >= 11 is 6.03. The van der Waals surface area contributed by atoms with Crippen molar-refractivity contribution in [3.05, 3.63) is 29.0 Å². The summed E-state index contributed by atoms with van der Waals surface area (Å²) in [4.78, 5) is 4.67. The van der Waals surface area contributed by atoms with Gasteiger partial charge >= 0.3 is 0 Å². The standard InChI is InChI=1S/C16H24ClN3O/c1-10(2)7-13(9-21)18-11(3)16-19-14-8-12(17)5-6-15(14)20(16)4/h5-6,8,10-11,13,18,21H,7,9H2,1-4H3. The number of imidazole rings is 1. The lowest BCUT2D eigenvalue weighted by Gasteiger charge is -2.23. The SMILES string of the molecule is CC(C)CC(CO)NC(C)c1nc2cc(Cl)ccc2n1C. The van der Waals surface area contributed by atoms with E-state index < -0.39 is 0 Å². The van der Waals surface area contributed by atoms with Crippen molar-refractivity contribution in [2.45, 2.75) is 39.3 Å². The molecule has 2 aromatic rings. The number of rotatable bonds is 6. The topological polar surface area (TPSA) is 50.1 Å². The number of hydrogen-bond acceptors (Lipinski definition) is 3. The van der Waals surface area contributed by atoms with Gasteiger partial charge in [0, 0.05) is 18.1 Å². The highest BCUT2D eigenvalue weighted by molar-refractivity contribution is 6.31. The van der Waals surface area contributed by atoms with Crippen LogP contribution in [-0.2, 0) is 7.05 Å². The molecular formula is C16H24ClN3O. The van der Waals surface area contributed by atoms with Crippen LogP contribution in [0.3, 0.4) is 0 Å². The first-order chi connectivity index (χ1) is 9.92. The highest BCUT2D eigenvalue weighted by atomic mass is 35.5. The van der Waals surface area contributed by atoms with Crippen molar-refractivity contribution in [2.24, 2.45) is 13.0 Å². The van der Waals surface area contributed by atoms with Gasteiger partial charge in [-0.05, 0) is 37.5 Å². The van der Waals surface area contributed by atoms with Gasteiger partial charge in [0.25, 0.3) is 0 Å². The molecule has 4 nitrogen and oxygen atoms in total. The summed E-state index contributed by atoms with van der Waals surface area (Å²) in [5.74, 6) is 1.50. The summed E-state index contributed by atoms with van der Waals surface area (Å²) in [5, 5.41) is 13.7. The minimum atomic E-state index is 0.0667. The first kappa shape index (κ1) is 16.3. The summed E-state index contributed by atoms with van der Waals surface area (Å²) in [7, 11) is 2.01. The molecule has 1 heterocycles. The van der Waals surface area contributed by atoms with E-state index >= 15 is 0 Å². The Morgan fingerprint density at radius 1 is 1.33 bits per heavy atom. The first-order valence-corrected chi connectivity index (χ1v) is 7.79. The number of aryl methyl sites for hydroxylation is 1. The molecule has 0 radical (unpaired) electrons. The van der Waals surface area contributed by atoms with E-state index in [0.717, 1.165) is 23.3 Å². The molecule has 1 aromatic carbocycles. The number of fused-ring (bicyclic) bond motifs is 1. The zero-order chi connectivity index (χ0) is 15.6. The first-order valence-electron chi connectivity index (χ1n) is 7.41. The average molecular weight is 310 g/mol. The van der Waals surface area contributed by atoms with Crippen LogP contribution in [0.25, 0.3) is 11.0 Å². The Labute approximate surface area is 131 Å². The third-order valence-electron chi connectivity index (χ3n) is 3.73. The number of aliphatic hydroxyl groups is 1. The van der Waals surface area contributed by atoms with Gasteiger partial charge in [-0.1, -0.05) is 25.4 Å². The minimum Gasteiger partial charge on any atom is -0.395 e. The maximum Gasteiger partial charge on any atom is 0.126 e. The molecule has 0 amide bonds. The summed E-state index contributed by atoms with van der Waals surface area (Å²) < 4.78 is 2.08. The number of nitrogens with zero attached hydrogens (tertiary/aromatic N) is 2. The van der Waals surface area contributed by atoms with E-state index in [1.54, 1.807) is 0 Å². The average Bonchev–Trinajstić information content (AvgIpc) is 2.74. The lowest BCUT2D eigenvalue weighted by molar-refractivity contribution is 0.213. The summed E-state index contributed by atoms with van der Waals surface area (Å²) in [6.45, 7) is 6.53. The van der Waals surface area contributed by atoms with Gasteiger partial charge in [-0.25, -0.2) is 4.98 Å². The van der Waals surface area contributed by atoms with E-state index in [0.29, 0.717) is 10.9 Å². The van der Waals surface area contributed by atoms with E-state index in [-0.39, 0.29) is 18.7 Å². The predicted molar refractivity (Wildman–Crippen MR) is 87.6 cm³/mol. The van der Waals surface area contributed by atoms with Crippen LogP contribution in [0.2, 0.25) is 5.02 Å². The van der Waals surface area contributed by atoms with Gasteiger partial charge in [-0.3, -0.25) is 0 Å². The van der Waals surface area contributed by atoms with Crippen molar-refractivity contribution < 1.29 is 5.11 Å². The monoisotopic (exact) mass is 309 g/mol. The van der Waals surface area contributed by atoms with Crippen molar-refractivity contribution >= 4 is 22.6 Å². The summed E-state index contributed by atoms with van der Waals surface area (Å²) in [6.07, 6.45) is 0.941. The number of aromatic nitrogens is 2. The lowest BCUT2D eigenvalue weighted by Crippen LogP contribution is -2.36. The Hall–Kier alpha value is -1.10. The molecule has 5 heteroatoms. The molecule has 0 saturated heterocycles. The number of hydrogen-bond donors (Lipinski definition) is 2. The Kier molecular flexibility index (Phi) is 5.25. The smallest absolute Gasteiger partial charge is 0.126 e. The second-order valence-corrected chi connectivity index (χ2v) is 6.50. The van der Waals surface area contributed by atoms with Crippen molar-refractivity contribution in [3.63, 3.8) is 0 Å². The van der Waals surface area contributed by atoms with E-state index in [1.165, 1.54) is 0 Å². The van der Waals surface area contributed by atoms with Crippen molar-refractivity contribution in [3.8, 4) is 0 Å². The van der Waals surface area contributed by atoms with Gasteiger partial charge in [0.2, 0.25) is 0 Å². The largest absolute Gasteiger partial charge is 0.395 e. The van der Waals surface area contributed by atoms with Gasteiger partial charge in [0.15, 0.2) is 0 Å². The van der Waals surface area contributed by atoms with E-state index in [1.807, 2.05) is 25.2 Å². The molecule has 2 rings (SSSR count). The molecule has 116 valence electrons. The van der Waals surface area contributed by atoms with E-state index in [4.69, 9.17) is 11.6 Å². The van der Waals surface area contributed by atoms with Gasteiger partial charge in [-0.15, -0.1) is 0 Å². The van der Waals surface area contributed by atoms with Crippen molar-refractivity contribution in [1.82, 2.24) is 14.9 Å². The third-order valence-corrected chi connectivity index (χ3v) is 3.96. The molecule has 21 heavy (non-hydrogen) atoms. The summed E-state index contributed by atoms with van der Waals surface area (Å²) in [6, 6.07) is 5.90. The molecule has 0 aliphatic rings. The van der Waals surface area contributed by atoms with Gasteiger partial charge in [0.1, 0.15) is 5.82 Å². The van der Waals surface area contributed by atoms with Crippen LogP contribution in [0.4, 0.5) is 0 Å². The van der Waals surface area contributed by atoms with Crippen LogP contribution in [0, 0.1) is 5.92 Å². The lowest BCUT2D eigenvalue weighted by atomic mass is 10.0. The molecular weight excluding hydrogens is 286 g/mol. The maximum atomic E-state index is 9.51. The predicted octanol–water partition coefficient (Wildman–Crippen LogP) is 3.28. The highest BCUT2D eigenvalue weighted by Gasteiger charge is 2.18. The minimum absolute atomic E-state index is 0.0667. The maximum absolute atomic E-state index is 9.51. The van der Waals surface area contributed by atoms with Crippen LogP contribution in [-0.4, -0.2) is 27.3 Å². The zero-order valence-corrected chi connectivity index (χ0v) is 13.9. The quantitative estimate of drug-likeness (QED) is 0.861. The number of nitrogens with one attached hydrogen (secondary N) is 1. The Balaban J connectivity index is 2.22. The molecule has 2 atom stereocenters. The van der Waals surface area contributed by atoms with E-state index in [9.17, 15) is 5.11 Å². The van der Waals surface area contributed by atoms with Gasteiger partial charge in [0.05, 0.1) is 23.7 Å². The zero-order valence-electron chi connectivity index (χ0n) is 13.1. The van der Waals surface area contributed by atoms with Gasteiger partial charge < -0.3 is 15.0 Å². The van der Waals surface area contributed by atoms with Crippen LogP contribution in [0.15, 0.2) is 18.2 Å². The van der Waals surface area contributed by atoms with Crippen molar-refractivity contribution in [1.29, 1.82) is 0 Å². The number of halogens is 1. The van der Waals surface area contributed by atoms with Crippen LogP contribution < -0.4 is 5.32 Å². The van der Waals surface area contributed by atoms with Crippen molar-refractivity contribution in [2.75, 3.05) is 6.61 Å². The third kappa shape index (κ3) is 3.76.